The summed E-state index contributed by atoms with van der Waals surface area (Å²) >= 11 is 0. The summed E-state index contributed by atoms with van der Waals surface area (Å²) in [6, 6.07) is 7.66. The maximum Gasteiger partial charge on any atom is 0.238 e. The number of hydrogen-bond acceptors (Lipinski definition) is 4. The Morgan fingerprint density at radius 1 is 1.10 bits per heavy atom. The van der Waals surface area contributed by atoms with Gasteiger partial charge in [-0.05, 0) is 62.4 Å². The van der Waals surface area contributed by atoms with Crippen molar-refractivity contribution < 1.29 is 8.42 Å². The summed E-state index contributed by atoms with van der Waals surface area (Å²) in [6.45, 7) is 3.21. The number of benzene rings is 1. The van der Waals surface area contributed by atoms with Gasteiger partial charge in [0.1, 0.15) is 0 Å². The third kappa shape index (κ3) is 3.96. The zero-order valence-electron chi connectivity index (χ0n) is 12.2. The zero-order chi connectivity index (χ0) is 14.9. The lowest BCUT2D eigenvalue weighted by Gasteiger charge is -2.33. The Kier molecular flexibility index (Phi) is 4.19. The van der Waals surface area contributed by atoms with Crippen LogP contribution in [0.2, 0.25) is 0 Å². The van der Waals surface area contributed by atoms with Crippen molar-refractivity contribution in [3.8, 4) is 0 Å². The molecular weight excluding hydrogens is 286 g/mol. The van der Waals surface area contributed by atoms with E-state index >= 15 is 0 Å². The van der Waals surface area contributed by atoms with Crippen LogP contribution in [0.15, 0.2) is 29.2 Å². The normalized spacial score (nSPS) is 20.7. The lowest BCUT2D eigenvalue weighted by Crippen LogP contribution is -2.37. The number of nitrogens with zero attached hydrogens (tertiary/aromatic N) is 1. The first kappa shape index (κ1) is 14.8. The van der Waals surface area contributed by atoms with Gasteiger partial charge in [-0.3, -0.25) is 0 Å². The number of piperidine rings is 1. The molecule has 0 amide bonds. The third-order valence-corrected chi connectivity index (χ3v) is 5.35. The average molecular weight is 309 g/mol. The van der Waals surface area contributed by atoms with Gasteiger partial charge in [-0.25, -0.2) is 13.6 Å². The number of hydrogen-bond donors (Lipinski definition) is 2. The van der Waals surface area contributed by atoms with Crippen molar-refractivity contribution in [2.75, 3.05) is 24.5 Å². The van der Waals surface area contributed by atoms with E-state index in [2.05, 4.69) is 10.2 Å². The van der Waals surface area contributed by atoms with E-state index in [0.717, 1.165) is 37.3 Å². The minimum Gasteiger partial charge on any atom is -0.372 e. The molecule has 1 aromatic carbocycles. The van der Waals surface area contributed by atoms with E-state index < -0.39 is 10.0 Å². The first-order valence-corrected chi connectivity index (χ1v) is 9.18. The van der Waals surface area contributed by atoms with Gasteiger partial charge in [0, 0.05) is 24.8 Å². The second-order valence-corrected chi connectivity index (χ2v) is 7.71. The Balaban J connectivity index is 1.53. The molecular formula is C15H23N3O2S. The molecule has 5 nitrogen and oxygen atoms in total. The van der Waals surface area contributed by atoms with Gasteiger partial charge in [-0.2, -0.15) is 0 Å². The number of nitrogens with two attached hydrogens (primary N) is 1. The Bertz CT molecular complexity index is 573. The summed E-state index contributed by atoms with van der Waals surface area (Å²) in [6.07, 6.45) is 5.07. The number of sulfonamides is 1. The Morgan fingerprint density at radius 2 is 1.71 bits per heavy atom. The molecule has 1 saturated carbocycles. The molecule has 21 heavy (non-hydrogen) atoms. The fourth-order valence-electron chi connectivity index (χ4n) is 2.86. The van der Waals surface area contributed by atoms with Gasteiger partial charge in [0.25, 0.3) is 0 Å². The average Bonchev–Trinajstić information content (AvgIpc) is 3.29. The van der Waals surface area contributed by atoms with Crippen LogP contribution in [0.4, 0.5) is 5.69 Å². The van der Waals surface area contributed by atoms with Gasteiger partial charge in [0.15, 0.2) is 0 Å². The van der Waals surface area contributed by atoms with Crippen LogP contribution < -0.4 is 15.4 Å². The van der Waals surface area contributed by atoms with Gasteiger partial charge < -0.3 is 10.2 Å². The van der Waals surface area contributed by atoms with Crippen LogP contribution in [0.5, 0.6) is 0 Å². The van der Waals surface area contributed by atoms with E-state index in [1.807, 2.05) is 12.1 Å². The Labute approximate surface area is 126 Å². The predicted octanol–water partition coefficient (Wildman–Crippen LogP) is 1.30. The SMILES string of the molecule is NS(=O)(=O)c1ccc(N2CCC(CNC3CC3)CC2)cc1. The summed E-state index contributed by atoms with van der Waals surface area (Å²) in [5.41, 5.74) is 1.08. The minimum absolute atomic E-state index is 0.176. The van der Waals surface area contributed by atoms with E-state index in [9.17, 15) is 8.42 Å². The van der Waals surface area contributed by atoms with Crippen molar-refractivity contribution in [2.45, 2.75) is 36.6 Å². The van der Waals surface area contributed by atoms with Crippen LogP contribution in [0, 0.1) is 5.92 Å². The molecule has 2 aliphatic rings. The van der Waals surface area contributed by atoms with Crippen molar-refractivity contribution in [1.29, 1.82) is 0 Å². The molecule has 3 N–H and O–H groups in total. The molecule has 0 spiro atoms. The van der Waals surface area contributed by atoms with Crippen LogP contribution in [0.1, 0.15) is 25.7 Å². The Hall–Kier alpha value is -1.11. The molecule has 1 aliphatic heterocycles. The molecule has 3 rings (SSSR count). The molecule has 1 saturated heterocycles. The van der Waals surface area contributed by atoms with Gasteiger partial charge in [-0.1, -0.05) is 0 Å². The van der Waals surface area contributed by atoms with Crippen LogP contribution in [0.25, 0.3) is 0 Å². The maximum absolute atomic E-state index is 11.3. The number of primary sulfonamides is 1. The van der Waals surface area contributed by atoms with E-state index in [-0.39, 0.29) is 4.90 Å². The minimum atomic E-state index is -3.60. The van der Waals surface area contributed by atoms with Crippen molar-refractivity contribution >= 4 is 15.7 Å². The van der Waals surface area contributed by atoms with Gasteiger partial charge >= 0.3 is 0 Å². The summed E-state index contributed by atoms with van der Waals surface area (Å²) in [7, 11) is -3.60. The molecule has 116 valence electrons. The predicted molar refractivity (Wildman–Crippen MR) is 83.8 cm³/mol. The first-order valence-electron chi connectivity index (χ1n) is 7.63. The molecule has 1 aliphatic carbocycles. The van der Waals surface area contributed by atoms with Gasteiger partial charge in [0.2, 0.25) is 10.0 Å². The number of rotatable bonds is 5. The molecule has 0 atom stereocenters. The highest BCUT2D eigenvalue weighted by molar-refractivity contribution is 7.89. The molecule has 1 aromatic rings. The molecule has 0 bridgehead atoms. The topological polar surface area (TPSA) is 75.4 Å². The molecule has 0 unspecified atom stereocenters. The third-order valence-electron chi connectivity index (χ3n) is 4.42. The second-order valence-electron chi connectivity index (χ2n) is 6.15. The first-order chi connectivity index (χ1) is 10.0. The lowest BCUT2D eigenvalue weighted by molar-refractivity contribution is 0.382. The standard InChI is InChI=1S/C15H23N3O2S/c16-21(19,20)15-5-3-14(4-6-15)18-9-7-12(8-10-18)11-17-13-1-2-13/h3-6,12-13,17H,1-2,7-11H2,(H2,16,19,20). The fourth-order valence-corrected chi connectivity index (χ4v) is 3.38. The van der Waals surface area contributed by atoms with E-state index in [4.69, 9.17) is 5.14 Å². The molecule has 1 heterocycles. The van der Waals surface area contributed by atoms with Crippen LogP contribution in [-0.2, 0) is 10.0 Å². The summed E-state index contributed by atoms with van der Waals surface area (Å²) in [5.74, 6) is 0.769. The molecule has 6 heteroatoms. The van der Waals surface area contributed by atoms with Crippen molar-refractivity contribution in [1.82, 2.24) is 5.32 Å². The van der Waals surface area contributed by atoms with Crippen molar-refractivity contribution in [3.05, 3.63) is 24.3 Å². The Morgan fingerprint density at radius 3 is 2.24 bits per heavy atom. The maximum atomic E-state index is 11.3. The number of nitrogens with one attached hydrogen (secondary N) is 1. The van der Waals surface area contributed by atoms with Gasteiger partial charge in [0.05, 0.1) is 4.90 Å². The summed E-state index contributed by atoms with van der Waals surface area (Å²) < 4.78 is 22.5. The second kappa shape index (κ2) is 5.94. The van der Waals surface area contributed by atoms with Crippen molar-refractivity contribution in [3.63, 3.8) is 0 Å². The van der Waals surface area contributed by atoms with E-state index in [0.29, 0.717) is 0 Å². The zero-order valence-corrected chi connectivity index (χ0v) is 13.0. The summed E-state index contributed by atoms with van der Waals surface area (Å²) in [5, 5.41) is 8.72. The highest BCUT2D eigenvalue weighted by Gasteiger charge is 2.24. The molecule has 2 fully saturated rings. The fraction of sp³-hybridized carbons (Fsp3) is 0.600. The smallest absolute Gasteiger partial charge is 0.238 e. The quantitative estimate of drug-likeness (QED) is 0.860. The largest absolute Gasteiger partial charge is 0.372 e. The van der Waals surface area contributed by atoms with E-state index in [1.165, 1.54) is 25.7 Å². The molecule has 0 radical (unpaired) electrons. The number of anilines is 1. The highest BCUT2D eigenvalue weighted by Crippen LogP contribution is 2.25. The molecule has 0 aromatic heterocycles. The summed E-state index contributed by atoms with van der Waals surface area (Å²) in [4.78, 5) is 2.50. The van der Waals surface area contributed by atoms with Crippen LogP contribution in [-0.4, -0.2) is 34.1 Å². The highest BCUT2D eigenvalue weighted by atomic mass is 32.2. The lowest BCUT2D eigenvalue weighted by atomic mass is 9.96. The van der Waals surface area contributed by atoms with Gasteiger partial charge in [-0.15, -0.1) is 0 Å². The van der Waals surface area contributed by atoms with Crippen LogP contribution >= 0.6 is 0 Å². The van der Waals surface area contributed by atoms with E-state index in [1.54, 1.807) is 12.1 Å². The van der Waals surface area contributed by atoms with Crippen molar-refractivity contribution in [2.24, 2.45) is 11.1 Å². The monoisotopic (exact) mass is 309 g/mol. The van der Waals surface area contributed by atoms with Crippen LogP contribution in [0.3, 0.4) is 0 Å².